The van der Waals surface area contributed by atoms with Gasteiger partial charge in [0.05, 0.1) is 22.8 Å². The molecular formula is C19H24N2O6S2. The summed E-state index contributed by atoms with van der Waals surface area (Å²) in [7, 11) is -3.10. The first-order chi connectivity index (χ1) is 13.8. The van der Waals surface area contributed by atoms with E-state index in [1.165, 1.54) is 11.8 Å². The number of nitrogens with one attached hydrogen (secondary N) is 1. The molecule has 2 saturated heterocycles. The van der Waals surface area contributed by atoms with Crippen LogP contribution in [0.25, 0.3) is 0 Å². The number of benzene rings is 1. The van der Waals surface area contributed by atoms with Crippen LogP contribution in [0.2, 0.25) is 0 Å². The van der Waals surface area contributed by atoms with Crippen LogP contribution in [0.15, 0.2) is 29.2 Å². The van der Waals surface area contributed by atoms with Crippen molar-refractivity contribution in [1.82, 2.24) is 10.2 Å². The van der Waals surface area contributed by atoms with Gasteiger partial charge in [-0.2, -0.15) is 0 Å². The first-order valence-electron chi connectivity index (χ1n) is 9.50. The Hall–Kier alpha value is -2.07. The van der Waals surface area contributed by atoms with Crippen molar-refractivity contribution in [2.45, 2.75) is 30.2 Å². The van der Waals surface area contributed by atoms with E-state index >= 15 is 0 Å². The van der Waals surface area contributed by atoms with Crippen molar-refractivity contribution < 1.29 is 27.5 Å². The van der Waals surface area contributed by atoms with Crippen molar-refractivity contribution >= 4 is 39.4 Å². The Morgan fingerprint density at radius 2 is 1.90 bits per heavy atom. The highest BCUT2D eigenvalue weighted by Gasteiger charge is 2.29. The Morgan fingerprint density at radius 3 is 2.59 bits per heavy atom. The summed E-state index contributed by atoms with van der Waals surface area (Å²) in [4.78, 5) is 39.0. The molecule has 2 fully saturated rings. The lowest BCUT2D eigenvalue weighted by molar-refractivity contribution is -0.127. The lowest BCUT2D eigenvalue weighted by Crippen LogP contribution is -2.38. The zero-order valence-corrected chi connectivity index (χ0v) is 17.6. The molecule has 0 radical (unpaired) electrons. The number of carbonyl (C=O) groups excluding carboxylic acids is 3. The molecule has 29 heavy (non-hydrogen) atoms. The summed E-state index contributed by atoms with van der Waals surface area (Å²) in [5, 5.41) is 2.58. The molecular weight excluding hydrogens is 416 g/mol. The van der Waals surface area contributed by atoms with Gasteiger partial charge in [-0.25, -0.2) is 13.2 Å². The summed E-state index contributed by atoms with van der Waals surface area (Å²) in [6.45, 7) is 1.07. The van der Waals surface area contributed by atoms with Crippen molar-refractivity contribution in [3.63, 3.8) is 0 Å². The fourth-order valence-corrected chi connectivity index (χ4v) is 5.96. The third-order valence-electron chi connectivity index (χ3n) is 4.85. The van der Waals surface area contributed by atoms with Crippen LogP contribution >= 0.6 is 11.8 Å². The maximum absolute atomic E-state index is 12.4. The molecule has 0 saturated carbocycles. The van der Waals surface area contributed by atoms with Gasteiger partial charge in [0, 0.05) is 24.0 Å². The topological polar surface area (TPSA) is 110 Å². The minimum atomic E-state index is -3.10. The van der Waals surface area contributed by atoms with E-state index in [0.717, 1.165) is 25.9 Å². The van der Waals surface area contributed by atoms with Gasteiger partial charge in [0.25, 0.3) is 5.91 Å². The first kappa shape index (κ1) is 21.6. The van der Waals surface area contributed by atoms with Crippen LogP contribution < -0.4 is 5.32 Å². The smallest absolute Gasteiger partial charge is 0.339 e. The summed E-state index contributed by atoms with van der Waals surface area (Å²) in [5.41, 5.74) is 0.294. The van der Waals surface area contributed by atoms with E-state index < -0.39 is 34.4 Å². The van der Waals surface area contributed by atoms with Crippen LogP contribution in [0.1, 0.15) is 29.6 Å². The SMILES string of the molecule is O=C(COC(=O)c1ccccc1SCC(=O)N1CCCC1)N[C@@H]1CCS(=O)(=O)C1. The third-order valence-corrected chi connectivity index (χ3v) is 7.68. The molecule has 10 heteroatoms. The number of carbonyl (C=O) groups is 3. The van der Waals surface area contributed by atoms with Crippen molar-refractivity contribution in [2.24, 2.45) is 0 Å². The van der Waals surface area contributed by atoms with Gasteiger partial charge in [0.15, 0.2) is 16.4 Å². The molecule has 2 aliphatic rings. The average Bonchev–Trinajstić information content (AvgIpc) is 3.34. The summed E-state index contributed by atoms with van der Waals surface area (Å²) < 4.78 is 28.0. The third kappa shape index (κ3) is 6.20. The molecule has 158 valence electrons. The van der Waals surface area contributed by atoms with E-state index in [1.54, 1.807) is 24.3 Å². The molecule has 1 aromatic carbocycles. The predicted octanol–water partition coefficient (Wildman–Crippen LogP) is 0.861. The van der Waals surface area contributed by atoms with E-state index in [2.05, 4.69) is 5.32 Å². The van der Waals surface area contributed by atoms with E-state index in [-0.39, 0.29) is 23.2 Å². The predicted molar refractivity (Wildman–Crippen MR) is 108 cm³/mol. The lowest BCUT2D eigenvalue weighted by atomic mass is 10.2. The van der Waals surface area contributed by atoms with Crippen LogP contribution in [0.4, 0.5) is 0 Å². The summed E-state index contributed by atoms with van der Waals surface area (Å²) in [5.74, 6) is -0.941. The minimum Gasteiger partial charge on any atom is -0.452 e. The quantitative estimate of drug-likeness (QED) is 0.495. The van der Waals surface area contributed by atoms with E-state index in [0.29, 0.717) is 16.9 Å². The molecule has 2 heterocycles. The number of sulfone groups is 1. The Labute approximate surface area is 174 Å². The van der Waals surface area contributed by atoms with Gasteiger partial charge in [0.1, 0.15) is 0 Å². The number of hydrogen-bond donors (Lipinski definition) is 1. The van der Waals surface area contributed by atoms with Gasteiger partial charge < -0.3 is 15.0 Å². The number of likely N-dealkylation sites (tertiary alicyclic amines) is 1. The lowest BCUT2D eigenvalue weighted by Gasteiger charge is -2.15. The second kappa shape index (κ2) is 9.62. The second-order valence-electron chi connectivity index (χ2n) is 7.12. The number of thioether (sulfide) groups is 1. The van der Waals surface area contributed by atoms with Gasteiger partial charge in [-0.15, -0.1) is 11.8 Å². The average molecular weight is 441 g/mol. The Morgan fingerprint density at radius 1 is 1.17 bits per heavy atom. The maximum Gasteiger partial charge on any atom is 0.339 e. The Balaban J connectivity index is 1.50. The number of ether oxygens (including phenoxy) is 1. The number of nitrogens with zero attached hydrogens (tertiary/aromatic N) is 1. The molecule has 0 unspecified atom stereocenters. The first-order valence-corrected chi connectivity index (χ1v) is 12.3. The fourth-order valence-electron chi connectivity index (χ4n) is 3.35. The van der Waals surface area contributed by atoms with Gasteiger partial charge >= 0.3 is 5.97 Å². The largest absolute Gasteiger partial charge is 0.452 e. The fraction of sp³-hybridized carbons (Fsp3) is 0.526. The number of esters is 1. The molecule has 0 aromatic heterocycles. The van der Waals surface area contributed by atoms with Crippen LogP contribution in [0, 0.1) is 0 Å². The molecule has 2 amide bonds. The monoisotopic (exact) mass is 440 g/mol. The molecule has 0 aliphatic carbocycles. The highest BCUT2D eigenvalue weighted by molar-refractivity contribution is 8.00. The van der Waals surface area contributed by atoms with Crippen LogP contribution in [0.5, 0.6) is 0 Å². The summed E-state index contributed by atoms with van der Waals surface area (Å²) in [6.07, 6.45) is 2.41. The molecule has 1 atom stereocenters. The highest BCUT2D eigenvalue weighted by Crippen LogP contribution is 2.24. The number of amides is 2. The van der Waals surface area contributed by atoms with Crippen molar-refractivity contribution in [2.75, 3.05) is 37.0 Å². The van der Waals surface area contributed by atoms with E-state index in [4.69, 9.17) is 4.74 Å². The van der Waals surface area contributed by atoms with Gasteiger partial charge in [-0.3, -0.25) is 9.59 Å². The number of rotatable bonds is 7. The molecule has 2 aliphatic heterocycles. The Bertz CT molecular complexity index is 880. The van der Waals surface area contributed by atoms with Gasteiger partial charge in [-0.05, 0) is 31.4 Å². The zero-order chi connectivity index (χ0) is 20.9. The standard InChI is InChI=1S/C19H24N2O6S2/c22-17(20-14-7-10-29(25,26)13-14)11-27-19(24)15-5-1-2-6-16(15)28-12-18(23)21-8-3-4-9-21/h1-2,5-6,14H,3-4,7-13H2,(H,20,22)/t14-/m1/s1. The number of hydrogen-bond acceptors (Lipinski definition) is 7. The molecule has 0 bridgehead atoms. The minimum absolute atomic E-state index is 0.0431. The van der Waals surface area contributed by atoms with Crippen molar-refractivity contribution in [1.29, 1.82) is 0 Å². The van der Waals surface area contributed by atoms with E-state index in [9.17, 15) is 22.8 Å². The van der Waals surface area contributed by atoms with Gasteiger partial charge in [0.2, 0.25) is 5.91 Å². The molecule has 1 aromatic rings. The summed E-state index contributed by atoms with van der Waals surface area (Å²) >= 11 is 1.27. The van der Waals surface area contributed by atoms with Crippen LogP contribution in [-0.4, -0.2) is 74.1 Å². The van der Waals surface area contributed by atoms with Crippen LogP contribution in [-0.2, 0) is 24.2 Å². The van der Waals surface area contributed by atoms with Crippen LogP contribution in [0.3, 0.4) is 0 Å². The second-order valence-corrected chi connectivity index (χ2v) is 10.4. The Kier molecular flexibility index (Phi) is 7.18. The molecule has 3 rings (SSSR count). The molecule has 8 nitrogen and oxygen atoms in total. The van der Waals surface area contributed by atoms with Gasteiger partial charge in [-0.1, -0.05) is 12.1 Å². The highest BCUT2D eigenvalue weighted by atomic mass is 32.2. The van der Waals surface area contributed by atoms with E-state index in [1.807, 2.05) is 4.90 Å². The maximum atomic E-state index is 12.4. The normalized spacial score (nSPS) is 20.4. The molecule has 0 spiro atoms. The summed E-state index contributed by atoms with van der Waals surface area (Å²) in [6, 6.07) is 6.35. The zero-order valence-electron chi connectivity index (χ0n) is 16.0. The van der Waals surface area contributed by atoms with Crippen molar-refractivity contribution in [3.8, 4) is 0 Å². The molecule has 1 N–H and O–H groups in total. The van der Waals surface area contributed by atoms with Crippen molar-refractivity contribution in [3.05, 3.63) is 29.8 Å².